The molecule has 96 valence electrons. The minimum atomic E-state index is 0.135. The van der Waals surface area contributed by atoms with Gasteiger partial charge in [-0.15, -0.1) is 23.1 Å². The van der Waals surface area contributed by atoms with Crippen LogP contribution in [-0.4, -0.2) is 6.04 Å². The number of thioether (sulfide) groups is 1. The average molecular weight is 298 g/mol. The van der Waals surface area contributed by atoms with Crippen LogP contribution in [0.15, 0.2) is 46.0 Å². The number of rotatable bonds is 5. The third kappa shape index (κ3) is 3.51. The van der Waals surface area contributed by atoms with Gasteiger partial charge in [-0.1, -0.05) is 36.7 Å². The fourth-order valence-electron chi connectivity index (χ4n) is 1.76. The maximum absolute atomic E-state index is 6.26. The van der Waals surface area contributed by atoms with Gasteiger partial charge in [0.1, 0.15) is 0 Å². The van der Waals surface area contributed by atoms with Crippen LogP contribution in [0.5, 0.6) is 0 Å². The lowest BCUT2D eigenvalue weighted by Gasteiger charge is -2.22. The number of halogens is 1. The van der Waals surface area contributed by atoms with Gasteiger partial charge in [0.25, 0.3) is 0 Å². The second-order valence-corrected chi connectivity index (χ2v) is 6.92. The summed E-state index contributed by atoms with van der Waals surface area (Å²) in [4.78, 5) is 0. The molecule has 2 atom stereocenters. The molecule has 0 saturated heterocycles. The van der Waals surface area contributed by atoms with Gasteiger partial charge >= 0.3 is 0 Å². The summed E-state index contributed by atoms with van der Waals surface area (Å²) in [5.41, 5.74) is 7.46. The zero-order valence-electron chi connectivity index (χ0n) is 10.2. The van der Waals surface area contributed by atoms with E-state index in [1.54, 1.807) is 11.3 Å². The first-order valence-electron chi connectivity index (χ1n) is 5.92. The van der Waals surface area contributed by atoms with Gasteiger partial charge in [-0.25, -0.2) is 0 Å². The van der Waals surface area contributed by atoms with Gasteiger partial charge in [-0.05, 0) is 35.6 Å². The first kappa shape index (κ1) is 13.9. The second-order valence-electron chi connectivity index (χ2n) is 4.10. The van der Waals surface area contributed by atoms with Crippen LogP contribution >= 0.6 is 34.7 Å². The van der Waals surface area contributed by atoms with E-state index in [-0.39, 0.29) is 11.3 Å². The zero-order chi connectivity index (χ0) is 13.0. The third-order valence-corrected chi connectivity index (χ3v) is 5.49. The lowest BCUT2D eigenvalue weighted by Crippen LogP contribution is -2.25. The number of benzene rings is 1. The van der Waals surface area contributed by atoms with Gasteiger partial charge < -0.3 is 5.73 Å². The van der Waals surface area contributed by atoms with E-state index in [1.165, 1.54) is 9.77 Å². The molecule has 18 heavy (non-hydrogen) atoms. The smallest absolute Gasteiger partial charge is 0.0605 e. The molecule has 4 heteroatoms. The SMILES string of the molecule is CCC(N)C(Sc1cccs1)c1cccc(Cl)c1. The predicted molar refractivity (Wildman–Crippen MR) is 82.6 cm³/mol. The van der Waals surface area contributed by atoms with Crippen molar-refractivity contribution in [1.29, 1.82) is 0 Å². The molecule has 1 aromatic heterocycles. The summed E-state index contributed by atoms with van der Waals surface area (Å²) in [6, 6.07) is 12.3. The summed E-state index contributed by atoms with van der Waals surface area (Å²) < 4.78 is 1.30. The van der Waals surface area contributed by atoms with Crippen molar-refractivity contribution in [3.63, 3.8) is 0 Å². The standard InChI is InChI=1S/C14H16ClNS2/c1-2-12(16)14(18-13-7-4-8-17-13)10-5-3-6-11(15)9-10/h3-9,12,14H,2,16H2,1H3. The Bertz CT molecular complexity index is 484. The highest BCUT2D eigenvalue weighted by atomic mass is 35.5. The zero-order valence-corrected chi connectivity index (χ0v) is 12.6. The van der Waals surface area contributed by atoms with E-state index >= 15 is 0 Å². The number of thiophene rings is 1. The molecule has 1 heterocycles. The van der Waals surface area contributed by atoms with Crippen molar-refractivity contribution in [2.45, 2.75) is 28.8 Å². The van der Waals surface area contributed by atoms with Crippen LogP contribution in [0.25, 0.3) is 0 Å². The van der Waals surface area contributed by atoms with Gasteiger partial charge in [0.15, 0.2) is 0 Å². The fourth-order valence-corrected chi connectivity index (χ4v) is 4.16. The van der Waals surface area contributed by atoms with Crippen LogP contribution in [-0.2, 0) is 0 Å². The van der Waals surface area contributed by atoms with E-state index in [9.17, 15) is 0 Å². The largest absolute Gasteiger partial charge is 0.326 e. The van der Waals surface area contributed by atoms with Crippen molar-refractivity contribution in [3.8, 4) is 0 Å². The Balaban J connectivity index is 2.25. The molecule has 0 fully saturated rings. The quantitative estimate of drug-likeness (QED) is 0.788. The average Bonchev–Trinajstić information content (AvgIpc) is 2.88. The summed E-state index contributed by atoms with van der Waals surface area (Å²) in [5, 5.41) is 3.12. The van der Waals surface area contributed by atoms with Gasteiger partial charge in [0.05, 0.1) is 9.46 Å². The summed E-state index contributed by atoms with van der Waals surface area (Å²) in [7, 11) is 0. The Morgan fingerprint density at radius 2 is 2.17 bits per heavy atom. The van der Waals surface area contributed by atoms with E-state index in [2.05, 4.69) is 30.5 Å². The molecule has 1 nitrogen and oxygen atoms in total. The van der Waals surface area contributed by atoms with Crippen molar-refractivity contribution in [2.75, 3.05) is 0 Å². The molecule has 0 saturated carbocycles. The van der Waals surface area contributed by atoms with Gasteiger partial charge in [-0.2, -0.15) is 0 Å². The molecular weight excluding hydrogens is 282 g/mol. The Kier molecular flexibility index (Phi) is 5.13. The van der Waals surface area contributed by atoms with Crippen LogP contribution < -0.4 is 5.73 Å². The van der Waals surface area contributed by atoms with E-state index in [0.29, 0.717) is 0 Å². The molecule has 1 aromatic carbocycles. The molecule has 0 aliphatic rings. The number of hydrogen-bond acceptors (Lipinski definition) is 3. The van der Waals surface area contributed by atoms with E-state index in [0.717, 1.165) is 11.4 Å². The first-order valence-corrected chi connectivity index (χ1v) is 8.05. The Morgan fingerprint density at radius 1 is 1.33 bits per heavy atom. The molecular formula is C14H16ClNS2. The molecule has 2 N–H and O–H groups in total. The maximum atomic E-state index is 6.26. The lowest BCUT2D eigenvalue weighted by molar-refractivity contribution is 0.634. The molecule has 0 aliphatic heterocycles. The van der Waals surface area contributed by atoms with Crippen molar-refractivity contribution >= 4 is 34.7 Å². The highest BCUT2D eigenvalue weighted by Crippen LogP contribution is 2.40. The molecule has 0 aliphatic carbocycles. The minimum Gasteiger partial charge on any atom is -0.326 e. The molecule has 0 bridgehead atoms. The first-order chi connectivity index (χ1) is 8.70. The van der Waals surface area contributed by atoms with Crippen LogP contribution in [0.3, 0.4) is 0 Å². The molecule has 2 unspecified atom stereocenters. The summed E-state index contributed by atoms with van der Waals surface area (Å²) in [6.07, 6.45) is 0.954. The van der Waals surface area contributed by atoms with Gasteiger partial charge in [0.2, 0.25) is 0 Å². The number of nitrogens with two attached hydrogens (primary N) is 1. The third-order valence-electron chi connectivity index (χ3n) is 2.78. The molecule has 0 spiro atoms. The maximum Gasteiger partial charge on any atom is 0.0605 e. The highest BCUT2D eigenvalue weighted by Gasteiger charge is 2.20. The predicted octanol–water partition coefficient (Wildman–Crippen LogP) is 4.97. The Labute approximate surface area is 121 Å². The van der Waals surface area contributed by atoms with E-state index < -0.39 is 0 Å². The second kappa shape index (κ2) is 6.62. The van der Waals surface area contributed by atoms with Crippen molar-refractivity contribution < 1.29 is 0 Å². The van der Waals surface area contributed by atoms with Crippen LogP contribution in [0.1, 0.15) is 24.2 Å². The van der Waals surface area contributed by atoms with E-state index in [1.807, 2.05) is 30.0 Å². The Morgan fingerprint density at radius 3 is 2.78 bits per heavy atom. The molecule has 2 rings (SSSR count). The molecule has 2 aromatic rings. The van der Waals surface area contributed by atoms with Crippen LogP contribution in [0, 0.1) is 0 Å². The Hall–Kier alpha value is -0.480. The van der Waals surface area contributed by atoms with Crippen molar-refractivity contribution in [3.05, 3.63) is 52.4 Å². The fraction of sp³-hybridized carbons (Fsp3) is 0.286. The van der Waals surface area contributed by atoms with Gasteiger partial charge in [0, 0.05) is 11.1 Å². The topological polar surface area (TPSA) is 26.0 Å². The summed E-state index contributed by atoms with van der Waals surface area (Å²) >= 11 is 9.65. The van der Waals surface area contributed by atoms with Crippen LogP contribution in [0.4, 0.5) is 0 Å². The normalized spacial score (nSPS) is 14.4. The van der Waals surface area contributed by atoms with Gasteiger partial charge in [-0.3, -0.25) is 0 Å². The monoisotopic (exact) mass is 297 g/mol. The summed E-state index contributed by atoms with van der Waals surface area (Å²) in [6.45, 7) is 2.12. The van der Waals surface area contributed by atoms with E-state index in [4.69, 9.17) is 17.3 Å². The molecule has 0 amide bonds. The number of hydrogen-bond donors (Lipinski definition) is 1. The van der Waals surface area contributed by atoms with Crippen LogP contribution in [0.2, 0.25) is 5.02 Å². The summed E-state index contributed by atoms with van der Waals surface area (Å²) in [5.74, 6) is 0. The molecule has 0 radical (unpaired) electrons. The highest BCUT2D eigenvalue weighted by molar-refractivity contribution is 8.01. The lowest BCUT2D eigenvalue weighted by atomic mass is 10.0. The van der Waals surface area contributed by atoms with Crippen molar-refractivity contribution in [1.82, 2.24) is 0 Å². The minimum absolute atomic E-state index is 0.135. The van der Waals surface area contributed by atoms with Crippen molar-refractivity contribution in [2.24, 2.45) is 5.73 Å².